The second-order valence-electron chi connectivity index (χ2n) is 2.67. The first-order valence-corrected chi connectivity index (χ1v) is 2.82. The van der Waals surface area contributed by atoms with E-state index in [4.69, 9.17) is 5.73 Å². The van der Waals surface area contributed by atoms with Gasteiger partial charge in [-0.25, -0.2) is 4.39 Å². The van der Waals surface area contributed by atoms with Crippen LogP contribution in [0.1, 0.15) is 20.3 Å². The number of Topliss-reactive ketones (excluding diaryl/α,β-unsaturated/α-hetero) is 1. The van der Waals surface area contributed by atoms with Crippen LogP contribution in [0.3, 0.4) is 0 Å². The Balaban J connectivity index is 3.71. The highest BCUT2D eigenvalue weighted by atomic mass is 19.1. The van der Waals surface area contributed by atoms with Crippen LogP contribution in [0.15, 0.2) is 0 Å². The molecule has 0 saturated heterocycles. The quantitative estimate of drug-likeness (QED) is 0.614. The number of rotatable bonds is 3. The van der Waals surface area contributed by atoms with Crippen molar-refractivity contribution >= 4 is 5.78 Å². The minimum Gasteiger partial charge on any atom is -0.323 e. The van der Waals surface area contributed by atoms with Gasteiger partial charge >= 0.3 is 0 Å². The summed E-state index contributed by atoms with van der Waals surface area (Å²) in [7, 11) is 0. The van der Waals surface area contributed by atoms with Crippen LogP contribution in [-0.4, -0.2) is 18.0 Å². The molecular weight excluding hydrogens is 121 g/mol. The Hall–Kier alpha value is -0.440. The fourth-order valence-corrected chi connectivity index (χ4v) is 0.616. The highest BCUT2D eigenvalue weighted by Gasteiger charge is 2.19. The predicted molar refractivity (Wildman–Crippen MR) is 33.9 cm³/mol. The molecule has 0 spiro atoms. The largest absolute Gasteiger partial charge is 0.323 e. The summed E-state index contributed by atoms with van der Waals surface area (Å²) in [5.74, 6) is -0.0716. The van der Waals surface area contributed by atoms with Crippen LogP contribution in [0.2, 0.25) is 0 Å². The van der Waals surface area contributed by atoms with Gasteiger partial charge in [-0.2, -0.15) is 0 Å². The molecule has 0 aromatic heterocycles. The number of carbonyl (C=O) groups is 1. The molecular formula is C6H12FNO. The molecule has 3 heteroatoms. The molecule has 9 heavy (non-hydrogen) atoms. The zero-order chi connectivity index (χ0) is 7.49. The van der Waals surface area contributed by atoms with Crippen LogP contribution >= 0.6 is 0 Å². The minimum absolute atomic E-state index is 0.0716. The highest BCUT2D eigenvalue weighted by Crippen LogP contribution is 2.05. The molecule has 1 atom stereocenters. The second-order valence-corrected chi connectivity index (χ2v) is 2.67. The van der Waals surface area contributed by atoms with E-state index in [9.17, 15) is 9.18 Å². The van der Waals surface area contributed by atoms with Crippen molar-refractivity contribution in [3.05, 3.63) is 0 Å². The zero-order valence-electron chi connectivity index (χ0n) is 5.78. The van der Waals surface area contributed by atoms with Gasteiger partial charge in [-0.1, -0.05) is 0 Å². The van der Waals surface area contributed by atoms with Gasteiger partial charge in [0.25, 0.3) is 0 Å². The standard InChI is InChI=1S/C6H12FNO/c1-5(9)3-6(2,8)4-7/h3-4,8H2,1-2H3. The maximum Gasteiger partial charge on any atom is 0.131 e. The van der Waals surface area contributed by atoms with Crippen LogP contribution in [0.5, 0.6) is 0 Å². The summed E-state index contributed by atoms with van der Waals surface area (Å²) in [6, 6.07) is 0. The van der Waals surface area contributed by atoms with Gasteiger partial charge in [0.15, 0.2) is 0 Å². The normalized spacial score (nSPS) is 16.9. The lowest BCUT2D eigenvalue weighted by atomic mass is 9.99. The van der Waals surface area contributed by atoms with Crippen LogP contribution in [0, 0.1) is 0 Å². The third kappa shape index (κ3) is 4.09. The topological polar surface area (TPSA) is 43.1 Å². The van der Waals surface area contributed by atoms with Gasteiger partial charge in [0.2, 0.25) is 0 Å². The maximum atomic E-state index is 11.9. The van der Waals surface area contributed by atoms with E-state index in [0.717, 1.165) is 0 Å². The van der Waals surface area contributed by atoms with Gasteiger partial charge in [0.1, 0.15) is 12.5 Å². The lowest BCUT2D eigenvalue weighted by Gasteiger charge is -2.17. The summed E-state index contributed by atoms with van der Waals surface area (Å²) in [6.07, 6.45) is 0.115. The van der Waals surface area contributed by atoms with E-state index in [1.54, 1.807) is 0 Å². The van der Waals surface area contributed by atoms with Crippen molar-refractivity contribution in [3.63, 3.8) is 0 Å². The Morgan fingerprint density at radius 3 is 2.33 bits per heavy atom. The number of nitrogens with two attached hydrogens (primary N) is 1. The molecule has 0 aromatic carbocycles. The number of hydrogen-bond acceptors (Lipinski definition) is 2. The third-order valence-corrected chi connectivity index (χ3v) is 0.958. The molecule has 2 nitrogen and oxygen atoms in total. The lowest BCUT2D eigenvalue weighted by Crippen LogP contribution is -2.40. The summed E-state index contributed by atoms with van der Waals surface area (Å²) in [4.78, 5) is 10.4. The van der Waals surface area contributed by atoms with E-state index in [1.165, 1.54) is 13.8 Å². The molecule has 0 saturated carbocycles. The van der Waals surface area contributed by atoms with E-state index in [0.29, 0.717) is 0 Å². The van der Waals surface area contributed by atoms with Gasteiger partial charge in [0.05, 0.1) is 0 Å². The average Bonchev–Trinajstić information content (AvgIpc) is 1.63. The van der Waals surface area contributed by atoms with Crippen molar-refractivity contribution in [2.24, 2.45) is 5.73 Å². The molecule has 0 amide bonds. The van der Waals surface area contributed by atoms with Gasteiger partial charge in [-0.05, 0) is 13.8 Å². The summed E-state index contributed by atoms with van der Waals surface area (Å²) < 4.78 is 11.9. The maximum absolute atomic E-state index is 11.9. The van der Waals surface area contributed by atoms with Crippen LogP contribution in [-0.2, 0) is 4.79 Å². The fourth-order valence-electron chi connectivity index (χ4n) is 0.616. The molecule has 0 aliphatic rings. The van der Waals surface area contributed by atoms with E-state index in [2.05, 4.69) is 0 Å². The van der Waals surface area contributed by atoms with Gasteiger partial charge in [-0.15, -0.1) is 0 Å². The summed E-state index contributed by atoms with van der Waals surface area (Å²) >= 11 is 0. The van der Waals surface area contributed by atoms with E-state index in [-0.39, 0.29) is 12.2 Å². The first-order chi connectivity index (χ1) is 3.98. The smallest absolute Gasteiger partial charge is 0.131 e. The van der Waals surface area contributed by atoms with Crippen molar-refractivity contribution in [1.29, 1.82) is 0 Å². The molecule has 1 unspecified atom stereocenters. The lowest BCUT2D eigenvalue weighted by molar-refractivity contribution is -0.118. The Bertz CT molecular complexity index is 112. The van der Waals surface area contributed by atoms with Gasteiger partial charge in [-0.3, -0.25) is 4.79 Å². The first-order valence-electron chi connectivity index (χ1n) is 2.82. The van der Waals surface area contributed by atoms with E-state index in [1.807, 2.05) is 0 Å². The van der Waals surface area contributed by atoms with Crippen molar-refractivity contribution in [2.45, 2.75) is 25.8 Å². The van der Waals surface area contributed by atoms with Crippen molar-refractivity contribution in [1.82, 2.24) is 0 Å². The van der Waals surface area contributed by atoms with Crippen molar-refractivity contribution in [3.8, 4) is 0 Å². The van der Waals surface area contributed by atoms with Crippen LogP contribution in [0.25, 0.3) is 0 Å². The molecule has 54 valence electrons. The number of alkyl halides is 1. The van der Waals surface area contributed by atoms with Crippen molar-refractivity contribution < 1.29 is 9.18 Å². The van der Waals surface area contributed by atoms with Crippen molar-refractivity contribution in [2.75, 3.05) is 6.67 Å². The van der Waals surface area contributed by atoms with Gasteiger partial charge in [0, 0.05) is 12.0 Å². The minimum atomic E-state index is -0.953. The fraction of sp³-hybridized carbons (Fsp3) is 0.833. The Morgan fingerprint density at radius 2 is 2.22 bits per heavy atom. The molecule has 0 aliphatic carbocycles. The third-order valence-electron chi connectivity index (χ3n) is 0.958. The Labute approximate surface area is 54.2 Å². The SMILES string of the molecule is CC(=O)CC(C)(N)CF. The summed E-state index contributed by atoms with van der Waals surface area (Å²) in [6.45, 7) is 2.28. The summed E-state index contributed by atoms with van der Waals surface area (Å²) in [5.41, 5.74) is 4.37. The predicted octanol–water partition coefficient (Wildman–Crippen LogP) is 0.652. The molecule has 0 aliphatic heterocycles. The van der Waals surface area contributed by atoms with Gasteiger partial charge < -0.3 is 5.73 Å². The molecule has 0 rings (SSSR count). The average molecular weight is 133 g/mol. The molecule has 0 heterocycles. The molecule has 0 bridgehead atoms. The Kier molecular flexibility index (Phi) is 2.77. The zero-order valence-corrected chi connectivity index (χ0v) is 5.78. The second kappa shape index (κ2) is 2.92. The van der Waals surface area contributed by atoms with Crippen LogP contribution < -0.4 is 5.73 Å². The van der Waals surface area contributed by atoms with E-state index >= 15 is 0 Å². The number of carbonyl (C=O) groups excluding carboxylic acids is 1. The molecule has 2 N–H and O–H groups in total. The number of ketones is 1. The molecule has 0 fully saturated rings. The Morgan fingerprint density at radius 1 is 1.78 bits per heavy atom. The van der Waals surface area contributed by atoms with E-state index < -0.39 is 12.2 Å². The highest BCUT2D eigenvalue weighted by molar-refractivity contribution is 5.76. The first kappa shape index (κ1) is 8.56. The number of halogens is 1. The molecule has 0 radical (unpaired) electrons. The van der Waals surface area contributed by atoms with Crippen LogP contribution in [0.4, 0.5) is 4.39 Å². The summed E-state index contributed by atoms with van der Waals surface area (Å²) in [5, 5.41) is 0. The number of hydrogen-bond donors (Lipinski definition) is 1. The monoisotopic (exact) mass is 133 g/mol. The molecule has 0 aromatic rings.